The van der Waals surface area contributed by atoms with Gasteiger partial charge in [0.05, 0.1) is 12.8 Å². The highest BCUT2D eigenvalue weighted by Gasteiger charge is 2.15. The second-order valence-electron chi connectivity index (χ2n) is 3.82. The van der Waals surface area contributed by atoms with E-state index in [1.807, 2.05) is 0 Å². The molecule has 2 aromatic rings. The normalized spacial score (nSPS) is 12.6. The van der Waals surface area contributed by atoms with Gasteiger partial charge in [-0.05, 0) is 31.2 Å². The van der Waals surface area contributed by atoms with Crippen molar-refractivity contribution in [2.45, 2.75) is 19.5 Å². The van der Waals surface area contributed by atoms with Crippen LogP contribution in [0.5, 0.6) is 0 Å². The Morgan fingerprint density at radius 3 is 2.47 bits per heavy atom. The van der Waals surface area contributed by atoms with Crippen LogP contribution in [0.2, 0.25) is 0 Å². The van der Waals surface area contributed by atoms with E-state index in [0.717, 1.165) is 5.76 Å². The van der Waals surface area contributed by atoms with E-state index >= 15 is 0 Å². The number of hydrogen-bond donors (Lipinski definition) is 1. The number of rotatable bonds is 4. The fraction of sp³-hybridized carbons (Fsp3) is 0.231. The van der Waals surface area contributed by atoms with Gasteiger partial charge in [-0.1, -0.05) is 6.07 Å². The number of nitrogens with one attached hydrogen (secondary N) is 1. The van der Waals surface area contributed by atoms with Crippen LogP contribution in [0.15, 0.2) is 41.0 Å². The summed E-state index contributed by atoms with van der Waals surface area (Å²) < 4.78 is 32.1. The number of benzene rings is 1. The first-order valence-corrected chi connectivity index (χ1v) is 5.38. The molecule has 0 aliphatic carbocycles. The number of furan rings is 1. The topological polar surface area (TPSA) is 25.2 Å². The summed E-state index contributed by atoms with van der Waals surface area (Å²) in [6.07, 6.45) is 1.56. The lowest BCUT2D eigenvalue weighted by molar-refractivity contribution is 0.441. The van der Waals surface area contributed by atoms with Crippen molar-refractivity contribution in [3.8, 4) is 0 Å². The standard InChI is InChI=1S/C13H13F2NO/c1-9(16-8-10-4-3-7-17-10)13-11(14)5-2-6-12(13)15/h2-7,9,16H,8H2,1H3. The first kappa shape index (κ1) is 11.8. The summed E-state index contributed by atoms with van der Waals surface area (Å²) in [4.78, 5) is 0. The Hall–Kier alpha value is -1.68. The largest absolute Gasteiger partial charge is 0.468 e. The zero-order valence-corrected chi connectivity index (χ0v) is 9.41. The molecule has 4 heteroatoms. The zero-order valence-electron chi connectivity index (χ0n) is 9.41. The van der Waals surface area contributed by atoms with Crippen LogP contribution in [0, 0.1) is 11.6 Å². The Labute approximate surface area is 98.3 Å². The van der Waals surface area contributed by atoms with Crippen molar-refractivity contribution >= 4 is 0 Å². The van der Waals surface area contributed by atoms with E-state index in [-0.39, 0.29) is 5.56 Å². The van der Waals surface area contributed by atoms with Gasteiger partial charge in [-0.2, -0.15) is 0 Å². The van der Waals surface area contributed by atoms with Gasteiger partial charge < -0.3 is 9.73 Å². The molecule has 2 nitrogen and oxygen atoms in total. The molecule has 0 radical (unpaired) electrons. The van der Waals surface area contributed by atoms with E-state index < -0.39 is 17.7 Å². The van der Waals surface area contributed by atoms with Gasteiger partial charge in [-0.15, -0.1) is 0 Å². The van der Waals surface area contributed by atoms with Crippen LogP contribution < -0.4 is 5.32 Å². The molecule has 1 aromatic heterocycles. The Morgan fingerprint density at radius 2 is 1.88 bits per heavy atom. The average Bonchev–Trinajstić information content (AvgIpc) is 2.79. The molecule has 0 aliphatic heterocycles. The molecule has 1 N–H and O–H groups in total. The van der Waals surface area contributed by atoms with Crippen molar-refractivity contribution in [2.24, 2.45) is 0 Å². The van der Waals surface area contributed by atoms with Crippen LogP contribution in [0.3, 0.4) is 0 Å². The van der Waals surface area contributed by atoms with Crippen molar-refractivity contribution in [1.29, 1.82) is 0 Å². The van der Waals surface area contributed by atoms with E-state index in [9.17, 15) is 8.78 Å². The summed E-state index contributed by atoms with van der Waals surface area (Å²) in [6, 6.07) is 7.02. The highest BCUT2D eigenvalue weighted by atomic mass is 19.1. The third kappa shape index (κ3) is 2.71. The molecule has 0 saturated carbocycles. The molecule has 90 valence electrons. The van der Waals surface area contributed by atoms with Crippen LogP contribution in [0.4, 0.5) is 8.78 Å². The summed E-state index contributed by atoms with van der Waals surface area (Å²) in [7, 11) is 0. The summed E-state index contributed by atoms with van der Waals surface area (Å²) in [5, 5.41) is 3.01. The van der Waals surface area contributed by atoms with Crippen molar-refractivity contribution in [3.05, 3.63) is 59.6 Å². The molecule has 0 bridgehead atoms. The molecule has 0 amide bonds. The maximum absolute atomic E-state index is 13.5. The van der Waals surface area contributed by atoms with E-state index in [2.05, 4.69) is 5.32 Å². The summed E-state index contributed by atoms with van der Waals surface area (Å²) in [5.41, 5.74) is 0.0547. The predicted molar refractivity (Wildman–Crippen MR) is 60.3 cm³/mol. The van der Waals surface area contributed by atoms with E-state index in [0.29, 0.717) is 6.54 Å². The second-order valence-corrected chi connectivity index (χ2v) is 3.82. The smallest absolute Gasteiger partial charge is 0.130 e. The maximum atomic E-state index is 13.5. The fourth-order valence-electron chi connectivity index (χ4n) is 1.69. The molecule has 0 saturated heterocycles. The SMILES string of the molecule is CC(NCc1ccco1)c1c(F)cccc1F. The minimum atomic E-state index is -0.538. The molecule has 1 atom stereocenters. The van der Waals surface area contributed by atoms with Gasteiger partial charge in [0.25, 0.3) is 0 Å². The van der Waals surface area contributed by atoms with Crippen LogP contribution in [-0.4, -0.2) is 0 Å². The van der Waals surface area contributed by atoms with Crippen LogP contribution in [0.1, 0.15) is 24.3 Å². The Morgan fingerprint density at radius 1 is 1.18 bits per heavy atom. The maximum Gasteiger partial charge on any atom is 0.130 e. The van der Waals surface area contributed by atoms with Crippen molar-refractivity contribution in [2.75, 3.05) is 0 Å². The van der Waals surface area contributed by atoms with Crippen LogP contribution in [-0.2, 0) is 6.54 Å². The lowest BCUT2D eigenvalue weighted by Crippen LogP contribution is -2.20. The Balaban J connectivity index is 2.07. The van der Waals surface area contributed by atoms with Gasteiger partial charge in [0.2, 0.25) is 0 Å². The van der Waals surface area contributed by atoms with Gasteiger partial charge in [0, 0.05) is 11.6 Å². The highest BCUT2D eigenvalue weighted by Crippen LogP contribution is 2.20. The van der Waals surface area contributed by atoms with E-state index in [4.69, 9.17) is 4.42 Å². The molecule has 17 heavy (non-hydrogen) atoms. The lowest BCUT2D eigenvalue weighted by atomic mass is 10.1. The first-order valence-electron chi connectivity index (χ1n) is 5.38. The van der Waals surface area contributed by atoms with Crippen LogP contribution in [0.25, 0.3) is 0 Å². The first-order chi connectivity index (χ1) is 8.18. The molecule has 2 rings (SSSR count). The Bertz CT molecular complexity index is 462. The molecule has 1 aromatic carbocycles. The summed E-state index contributed by atoms with van der Waals surface area (Å²) in [5.74, 6) is -0.345. The minimum Gasteiger partial charge on any atom is -0.468 e. The molecular weight excluding hydrogens is 224 g/mol. The fourth-order valence-corrected chi connectivity index (χ4v) is 1.69. The van der Waals surface area contributed by atoms with Gasteiger partial charge in [-0.25, -0.2) is 8.78 Å². The monoisotopic (exact) mass is 237 g/mol. The van der Waals surface area contributed by atoms with Gasteiger partial charge in [0.1, 0.15) is 17.4 Å². The van der Waals surface area contributed by atoms with Gasteiger partial charge in [0.15, 0.2) is 0 Å². The van der Waals surface area contributed by atoms with E-state index in [1.165, 1.54) is 18.2 Å². The predicted octanol–water partition coefficient (Wildman–Crippen LogP) is 3.41. The molecule has 1 heterocycles. The van der Waals surface area contributed by atoms with Crippen molar-refractivity contribution < 1.29 is 13.2 Å². The third-order valence-corrected chi connectivity index (χ3v) is 2.60. The third-order valence-electron chi connectivity index (χ3n) is 2.60. The lowest BCUT2D eigenvalue weighted by Gasteiger charge is -2.14. The van der Waals surface area contributed by atoms with Crippen molar-refractivity contribution in [1.82, 2.24) is 5.32 Å². The Kier molecular flexibility index (Phi) is 3.54. The van der Waals surface area contributed by atoms with Crippen LogP contribution >= 0.6 is 0 Å². The van der Waals surface area contributed by atoms with E-state index in [1.54, 1.807) is 25.3 Å². The highest BCUT2D eigenvalue weighted by molar-refractivity contribution is 5.22. The van der Waals surface area contributed by atoms with Gasteiger partial charge >= 0.3 is 0 Å². The molecule has 1 unspecified atom stereocenters. The summed E-state index contributed by atoms with van der Waals surface area (Å²) >= 11 is 0. The second kappa shape index (κ2) is 5.10. The summed E-state index contributed by atoms with van der Waals surface area (Å²) in [6.45, 7) is 2.15. The minimum absolute atomic E-state index is 0.0547. The molecule has 0 fully saturated rings. The average molecular weight is 237 g/mol. The number of halogens is 2. The molecule has 0 aliphatic rings. The zero-order chi connectivity index (χ0) is 12.3. The van der Waals surface area contributed by atoms with Gasteiger partial charge in [-0.3, -0.25) is 0 Å². The molecule has 0 spiro atoms. The number of hydrogen-bond acceptors (Lipinski definition) is 2. The molecular formula is C13H13F2NO. The quantitative estimate of drug-likeness (QED) is 0.881. The van der Waals surface area contributed by atoms with Crippen molar-refractivity contribution in [3.63, 3.8) is 0 Å².